The fourth-order valence-electron chi connectivity index (χ4n) is 1.32. The predicted octanol–water partition coefficient (Wildman–Crippen LogP) is 2.42. The van der Waals surface area contributed by atoms with E-state index >= 15 is 0 Å². The van der Waals surface area contributed by atoms with Crippen molar-refractivity contribution < 1.29 is 10.2 Å². The first-order valence-electron chi connectivity index (χ1n) is 5.12. The molecule has 2 heteroatoms. The Morgan fingerprint density at radius 1 is 1.36 bits per heavy atom. The molecule has 2 N–H and O–H groups in total. The van der Waals surface area contributed by atoms with E-state index in [9.17, 15) is 5.11 Å². The van der Waals surface area contributed by atoms with E-state index in [2.05, 4.69) is 12.2 Å². The third kappa shape index (κ3) is 6.87. The Bertz CT molecular complexity index is 202. The van der Waals surface area contributed by atoms with Gasteiger partial charge in [0.25, 0.3) is 0 Å². The fraction of sp³-hybridized carbons (Fsp3) is 0.667. The minimum Gasteiger partial charge on any atom is -0.393 e. The lowest BCUT2D eigenvalue weighted by molar-refractivity contribution is 0.00234. The molecular weight excluding hydrogens is 176 g/mol. The van der Waals surface area contributed by atoms with E-state index in [0.717, 1.165) is 18.4 Å². The van der Waals surface area contributed by atoms with Crippen molar-refractivity contribution in [2.45, 2.75) is 45.6 Å². The number of unbranched alkanes of at least 4 members (excludes halogenated alkanes) is 1. The van der Waals surface area contributed by atoms with Crippen molar-refractivity contribution in [1.29, 1.82) is 0 Å². The number of hydrogen-bond acceptors (Lipinski definition) is 2. The smallest absolute Gasteiger partial charge is 0.0886 e. The van der Waals surface area contributed by atoms with Gasteiger partial charge in [-0.3, -0.25) is 0 Å². The van der Waals surface area contributed by atoms with E-state index in [1.165, 1.54) is 0 Å². The quantitative estimate of drug-likeness (QED) is 0.508. The molecule has 14 heavy (non-hydrogen) atoms. The molecule has 0 aliphatic carbocycles. The van der Waals surface area contributed by atoms with Crippen molar-refractivity contribution in [3.8, 4) is 0 Å². The average molecular weight is 198 g/mol. The van der Waals surface area contributed by atoms with Gasteiger partial charge in [-0.1, -0.05) is 23.8 Å². The van der Waals surface area contributed by atoms with E-state index in [1.54, 1.807) is 6.92 Å². The topological polar surface area (TPSA) is 40.5 Å². The van der Waals surface area contributed by atoms with Gasteiger partial charge in [0.15, 0.2) is 0 Å². The summed E-state index contributed by atoms with van der Waals surface area (Å²) in [6.07, 6.45) is 8.84. The molecule has 0 aromatic heterocycles. The molecule has 0 aliphatic rings. The number of aliphatic hydroxyl groups is 2. The average Bonchev–Trinajstić information content (AvgIpc) is 2.12. The molecule has 0 radical (unpaired) electrons. The number of allylic oxidation sites excluding steroid dienone is 3. The van der Waals surface area contributed by atoms with Crippen molar-refractivity contribution >= 4 is 0 Å². The van der Waals surface area contributed by atoms with Crippen LogP contribution in [0.15, 0.2) is 23.8 Å². The minimum atomic E-state index is -0.971. The molecule has 82 valence electrons. The maximum absolute atomic E-state index is 9.59. The Kier molecular flexibility index (Phi) is 6.50. The van der Waals surface area contributed by atoms with Gasteiger partial charge in [-0.05, 0) is 40.0 Å². The van der Waals surface area contributed by atoms with Gasteiger partial charge in [0.2, 0.25) is 0 Å². The van der Waals surface area contributed by atoms with E-state index in [1.807, 2.05) is 19.9 Å². The lowest BCUT2D eigenvalue weighted by Crippen LogP contribution is -2.28. The zero-order chi connectivity index (χ0) is 11.0. The number of hydrogen-bond donors (Lipinski definition) is 2. The maximum atomic E-state index is 9.59. The maximum Gasteiger partial charge on any atom is 0.0886 e. The van der Waals surface area contributed by atoms with Gasteiger partial charge in [0.1, 0.15) is 0 Å². The van der Waals surface area contributed by atoms with Gasteiger partial charge in [0.05, 0.1) is 12.2 Å². The lowest BCUT2D eigenvalue weighted by Gasteiger charge is -2.20. The summed E-state index contributed by atoms with van der Waals surface area (Å²) in [5.41, 5.74) is 0.162. The molecule has 0 saturated heterocycles. The first-order chi connectivity index (χ1) is 6.52. The van der Waals surface area contributed by atoms with Gasteiger partial charge in [-0.15, -0.1) is 0 Å². The Labute approximate surface area is 87.0 Å². The van der Waals surface area contributed by atoms with Crippen LogP contribution in [-0.4, -0.2) is 22.4 Å². The van der Waals surface area contributed by atoms with Crippen molar-refractivity contribution in [3.63, 3.8) is 0 Å². The van der Waals surface area contributed by atoms with Crippen molar-refractivity contribution in [2.75, 3.05) is 6.61 Å². The molecule has 1 unspecified atom stereocenters. The Morgan fingerprint density at radius 3 is 2.50 bits per heavy atom. The second kappa shape index (κ2) is 6.80. The van der Waals surface area contributed by atoms with Gasteiger partial charge < -0.3 is 10.2 Å². The molecular formula is C12H22O2. The van der Waals surface area contributed by atoms with Crippen LogP contribution in [0.3, 0.4) is 0 Å². The van der Waals surface area contributed by atoms with Crippen LogP contribution in [0.4, 0.5) is 0 Å². The molecule has 0 bridgehead atoms. The molecule has 0 aromatic carbocycles. The summed E-state index contributed by atoms with van der Waals surface area (Å²) in [7, 11) is 0. The summed E-state index contributed by atoms with van der Waals surface area (Å²) in [5.74, 6) is 0. The molecule has 0 aliphatic heterocycles. The number of aliphatic hydroxyl groups excluding tert-OH is 1. The molecule has 0 spiro atoms. The molecule has 0 heterocycles. The highest BCUT2D eigenvalue weighted by atomic mass is 16.3. The standard InChI is InChI=1S/C12H22O2/c1-4-5-6-7-8-11(2)9-12(3,14)10-13/h4-5,8,13-14H,6-7,9-10H2,1-3H3/b5-4+,11-8+. The summed E-state index contributed by atoms with van der Waals surface area (Å²) < 4.78 is 0. The predicted molar refractivity (Wildman–Crippen MR) is 60.1 cm³/mol. The second-order valence-corrected chi connectivity index (χ2v) is 4.03. The second-order valence-electron chi connectivity index (χ2n) is 4.03. The van der Waals surface area contributed by atoms with Gasteiger partial charge in [-0.2, -0.15) is 0 Å². The van der Waals surface area contributed by atoms with Gasteiger partial charge in [0, 0.05) is 0 Å². The molecule has 2 nitrogen and oxygen atoms in total. The highest BCUT2D eigenvalue weighted by Gasteiger charge is 2.18. The Hall–Kier alpha value is -0.600. The Morgan fingerprint density at radius 2 is 2.00 bits per heavy atom. The normalized spacial score (nSPS) is 17.4. The minimum absolute atomic E-state index is 0.187. The largest absolute Gasteiger partial charge is 0.393 e. The van der Waals surface area contributed by atoms with Crippen LogP contribution in [0.1, 0.15) is 40.0 Å². The number of rotatable bonds is 6. The van der Waals surface area contributed by atoms with Crippen LogP contribution in [0, 0.1) is 0 Å². The van der Waals surface area contributed by atoms with E-state index in [-0.39, 0.29) is 6.61 Å². The first kappa shape index (κ1) is 13.4. The summed E-state index contributed by atoms with van der Waals surface area (Å²) in [6.45, 7) is 5.45. The fourth-order valence-corrected chi connectivity index (χ4v) is 1.32. The van der Waals surface area contributed by atoms with Crippen LogP contribution in [0.25, 0.3) is 0 Å². The molecule has 0 fully saturated rings. The van der Waals surface area contributed by atoms with E-state index in [4.69, 9.17) is 5.11 Å². The first-order valence-corrected chi connectivity index (χ1v) is 5.12. The van der Waals surface area contributed by atoms with Crippen molar-refractivity contribution in [1.82, 2.24) is 0 Å². The van der Waals surface area contributed by atoms with Gasteiger partial charge >= 0.3 is 0 Å². The molecule has 1 atom stereocenters. The van der Waals surface area contributed by atoms with E-state index < -0.39 is 5.60 Å². The highest BCUT2D eigenvalue weighted by molar-refractivity contribution is 5.03. The monoisotopic (exact) mass is 198 g/mol. The highest BCUT2D eigenvalue weighted by Crippen LogP contribution is 2.15. The molecule has 0 rings (SSSR count). The van der Waals surface area contributed by atoms with Crippen molar-refractivity contribution in [3.05, 3.63) is 23.8 Å². The summed E-state index contributed by atoms with van der Waals surface area (Å²) in [4.78, 5) is 0. The summed E-state index contributed by atoms with van der Waals surface area (Å²) >= 11 is 0. The van der Waals surface area contributed by atoms with E-state index in [0.29, 0.717) is 6.42 Å². The van der Waals surface area contributed by atoms with Crippen LogP contribution < -0.4 is 0 Å². The molecule has 0 saturated carbocycles. The third-order valence-corrected chi connectivity index (χ3v) is 2.06. The molecule has 0 amide bonds. The van der Waals surface area contributed by atoms with Crippen molar-refractivity contribution in [2.24, 2.45) is 0 Å². The SMILES string of the molecule is C/C=C/CC/C=C(\C)CC(C)(O)CO. The Balaban J connectivity index is 3.88. The zero-order valence-electron chi connectivity index (χ0n) is 9.45. The molecule has 0 aromatic rings. The van der Waals surface area contributed by atoms with Gasteiger partial charge in [-0.25, -0.2) is 0 Å². The van der Waals surface area contributed by atoms with Crippen LogP contribution in [-0.2, 0) is 0 Å². The zero-order valence-corrected chi connectivity index (χ0v) is 9.45. The third-order valence-electron chi connectivity index (χ3n) is 2.06. The summed E-state index contributed by atoms with van der Waals surface area (Å²) in [5, 5.41) is 18.5. The van der Waals surface area contributed by atoms with Crippen LogP contribution in [0.5, 0.6) is 0 Å². The lowest BCUT2D eigenvalue weighted by atomic mass is 9.97. The summed E-state index contributed by atoms with van der Waals surface area (Å²) in [6, 6.07) is 0. The van der Waals surface area contributed by atoms with Crippen LogP contribution in [0.2, 0.25) is 0 Å². The van der Waals surface area contributed by atoms with Crippen LogP contribution >= 0.6 is 0 Å².